The number of halogens is 2. The Morgan fingerprint density at radius 1 is 1.41 bits per heavy atom. The van der Waals surface area contributed by atoms with Crippen molar-refractivity contribution in [2.24, 2.45) is 10.9 Å². The van der Waals surface area contributed by atoms with Gasteiger partial charge in [0.1, 0.15) is 5.82 Å². The van der Waals surface area contributed by atoms with Gasteiger partial charge in [0.2, 0.25) is 0 Å². The van der Waals surface area contributed by atoms with Crippen molar-refractivity contribution in [1.82, 2.24) is 10.6 Å². The van der Waals surface area contributed by atoms with E-state index in [-0.39, 0.29) is 18.3 Å². The number of hydrogen-bond acceptors (Lipinski definition) is 2. The topological polar surface area (TPSA) is 56.7 Å². The number of hydrogen-bond donors (Lipinski definition) is 3. The molecule has 0 radical (unpaired) electrons. The van der Waals surface area contributed by atoms with Gasteiger partial charge in [0.25, 0.3) is 0 Å². The van der Waals surface area contributed by atoms with Crippen LogP contribution in [-0.4, -0.2) is 37.3 Å². The van der Waals surface area contributed by atoms with E-state index in [0.29, 0.717) is 13.0 Å². The third-order valence-electron chi connectivity index (χ3n) is 3.15. The SMILES string of the molecule is CCNC(=NCC(C)CO)NCCCc1ccc(Br)cc1F. The fraction of sp³-hybridized carbons (Fsp3) is 0.562. The minimum absolute atomic E-state index is 0.131. The van der Waals surface area contributed by atoms with Crippen molar-refractivity contribution in [2.75, 3.05) is 26.2 Å². The Hall–Kier alpha value is -1.14. The first kappa shape index (κ1) is 18.9. The zero-order valence-electron chi connectivity index (χ0n) is 13.2. The number of aliphatic hydroxyl groups is 1. The summed E-state index contributed by atoms with van der Waals surface area (Å²) in [7, 11) is 0. The first-order chi connectivity index (χ1) is 10.6. The number of guanidine groups is 1. The van der Waals surface area contributed by atoms with Crippen molar-refractivity contribution < 1.29 is 9.50 Å². The van der Waals surface area contributed by atoms with Crippen LogP contribution in [-0.2, 0) is 6.42 Å². The van der Waals surface area contributed by atoms with Gasteiger partial charge in [0, 0.05) is 30.7 Å². The standard InChI is InChI=1S/C16H25BrFN3O/c1-3-19-16(21-10-12(2)11-22)20-8-4-5-13-6-7-14(17)9-15(13)18/h6-7,9,12,22H,3-5,8,10-11H2,1-2H3,(H2,19,20,21). The van der Waals surface area contributed by atoms with E-state index in [1.807, 2.05) is 26.0 Å². The lowest BCUT2D eigenvalue weighted by Crippen LogP contribution is -2.38. The van der Waals surface area contributed by atoms with Crippen molar-refractivity contribution in [1.29, 1.82) is 0 Å². The summed E-state index contributed by atoms with van der Waals surface area (Å²) >= 11 is 3.26. The van der Waals surface area contributed by atoms with Gasteiger partial charge in [-0.25, -0.2) is 4.39 Å². The third kappa shape index (κ3) is 7.22. The summed E-state index contributed by atoms with van der Waals surface area (Å²) in [4.78, 5) is 4.41. The molecule has 0 aliphatic carbocycles. The van der Waals surface area contributed by atoms with Crippen LogP contribution in [0.1, 0.15) is 25.8 Å². The first-order valence-electron chi connectivity index (χ1n) is 7.63. The highest BCUT2D eigenvalue weighted by atomic mass is 79.9. The molecule has 3 N–H and O–H groups in total. The van der Waals surface area contributed by atoms with E-state index < -0.39 is 0 Å². The Labute approximate surface area is 140 Å². The molecule has 0 heterocycles. The highest BCUT2D eigenvalue weighted by Gasteiger charge is 2.04. The minimum atomic E-state index is -0.174. The summed E-state index contributed by atoms with van der Waals surface area (Å²) in [6.07, 6.45) is 1.50. The summed E-state index contributed by atoms with van der Waals surface area (Å²) in [5, 5.41) is 15.4. The molecule has 0 aliphatic rings. The van der Waals surface area contributed by atoms with E-state index in [1.165, 1.54) is 6.07 Å². The van der Waals surface area contributed by atoms with E-state index in [1.54, 1.807) is 0 Å². The summed E-state index contributed by atoms with van der Waals surface area (Å²) in [6.45, 7) is 6.15. The van der Waals surface area contributed by atoms with Gasteiger partial charge in [-0.3, -0.25) is 4.99 Å². The molecule has 0 aliphatic heterocycles. The minimum Gasteiger partial charge on any atom is -0.396 e. The van der Waals surface area contributed by atoms with Crippen LogP contribution in [0.4, 0.5) is 4.39 Å². The van der Waals surface area contributed by atoms with Gasteiger partial charge in [-0.15, -0.1) is 0 Å². The number of rotatable bonds is 8. The smallest absolute Gasteiger partial charge is 0.191 e. The van der Waals surface area contributed by atoms with E-state index in [4.69, 9.17) is 5.11 Å². The monoisotopic (exact) mass is 373 g/mol. The van der Waals surface area contributed by atoms with Crippen LogP contribution in [0.5, 0.6) is 0 Å². The molecule has 1 aromatic carbocycles. The van der Waals surface area contributed by atoms with Gasteiger partial charge in [0.05, 0.1) is 0 Å². The molecule has 1 atom stereocenters. The van der Waals surface area contributed by atoms with Gasteiger partial charge in [-0.1, -0.05) is 28.9 Å². The molecule has 0 amide bonds. The summed E-state index contributed by atoms with van der Waals surface area (Å²) in [6, 6.07) is 5.15. The van der Waals surface area contributed by atoms with Crippen molar-refractivity contribution in [3.63, 3.8) is 0 Å². The lowest BCUT2D eigenvalue weighted by Gasteiger charge is -2.12. The van der Waals surface area contributed by atoms with Crippen LogP contribution in [0.2, 0.25) is 0 Å². The van der Waals surface area contributed by atoms with Crippen LogP contribution in [0.15, 0.2) is 27.7 Å². The average Bonchev–Trinajstić information content (AvgIpc) is 2.50. The Bertz CT molecular complexity index is 482. The van der Waals surface area contributed by atoms with Gasteiger partial charge in [-0.05, 0) is 43.4 Å². The zero-order chi connectivity index (χ0) is 16.4. The van der Waals surface area contributed by atoms with E-state index in [0.717, 1.165) is 35.5 Å². The fourth-order valence-corrected chi connectivity index (χ4v) is 2.19. The van der Waals surface area contributed by atoms with Crippen LogP contribution >= 0.6 is 15.9 Å². The average molecular weight is 374 g/mol. The van der Waals surface area contributed by atoms with Crippen molar-refractivity contribution in [3.8, 4) is 0 Å². The Kier molecular flexibility index (Phi) is 9.08. The Balaban J connectivity index is 2.39. The quantitative estimate of drug-likeness (QED) is 0.373. The maximum Gasteiger partial charge on any atom is 0.191 e. The second-order valence-electron chi connectivity index (χ2n) is 5.27. The van der Waals surface area contributed by atoms with Crippen LogP contribution < -0.4 is 10.6 Å². The molecule has 1 rings (SSSR count). The molecule has 0 aromatic heterocycles. The molecule has 6 heteroatoms. The molecular formula is C16H25BrFN3O. The summed E-state index contributed by atoms with van der Waals surface area (Å²) in [5.74, 6) is 0.707. The van der Waals surface area contributed by atoms with Crippen molar-refractivity contribution in [3.05, 3.63) is 34.1 Å². The third-order valence-corrected chi connectivity index (χ3v) is 3.64. The Morgan fingerprint density at radius 2 is 2.18 bits per heavy atom. The van der Waals surface area contributed by atoms with Crippen LogP contribution in [0.3, 0.4) is 0 Å². The molecule has 0 bridgehead atoms. The van der Waals surface area contributed by atoms with Crippen molar-refractivity contribution >= 4 is 21.9 Å². The van der Waals surface area contributed by atoms with E-state index in [9.17, 15) is 4.39 Å². The molecule has 22 heavy (non-hydrogen) atoms. The lowest BCUT2D eigenvalue weighted by atomic mass is 10.1. The molecular weight excluding hydrogens is 349 g/mol. The number of nitrogens with zero attached hydrogens (tertiary/aromatic N) is 1. The zero-order valence-corrected chi connectivity index (χ0v) is 14.8. The molecule has 4 nitrogen and oxygen atoms in total. The number of aryl methyl sites for hydroxylation is 1. The molecule has 0 saturated carbocycles. The van der Waals surface area contributed by atoms with Crippen LogP contribution in [0, 0.1) is 11.7 Å². The largest absolute Gasteiger partial charge is 0.396 e. The summed E-state index contributed by atoms with van der Waals surface area (Å²) < 4.78 is 14.5. The normalized spacial score (nSPS) is 13.0. The second-order valence-corrected chi connectivity index (χ2v) is 6.19. The van der Waals surface area contributed by atoms with Gasteiger partial charge in [-0.2, -0.15) is 0 Å². The fourth-order valence-electron chi connectivity index (χ4n) is 1.86. The number of benzene rings is 1. The number of aliphatic hydroxyl groups excluding tert-OH is 1. The van der Waals surface area contributed by atoms with E-state index >= 15 is 0 Å². The lowest BCUT2D eigenvalue weighted by molar-refractivity contribution is 0.241. The predicted octanol–water partition coefficient (Wildman–Crippen LogP) is 2.70. The Morgan fingerprint density at radius 3 is 2.82 bits per heavy atom. The molecule has 0 saturated heterocycles. The molecule has 1 aromatic rings. The molecule has 0 fully saturated rings. The summed E-state index contributed by atoms with van der Waals surface area (Å²) in [5.41, 5.74) is 0.723. The van der Waals surface area contributed by atoms with Crippen LogP contribution in [0.25, 0.3) is 0 Å². The van der Waals surface area contributed by atoms with Gasteiger partial charge in [0.15, 0.2) is 5.96 Å². The maximum atomic E-state index is 13.7. The van der Waals surface area contributed by atoms with Crippen molar-refractivity contribution in [2.45, 2.75) is 26.7 Å². The second kappa shape index (κ2) is 10.6. The molecule has 0 spiro atoms. The maximum absolute atomic E-state index is 13.7. The number of aliphatic imine (C=N–C) groups is 1. The number of nitrogens with one attached hydrogen (secondary N) is 2. The van der Waals surface area contributed by atoms with Gasteiger partial charge >= 0.3 is 0 Å². The molecule has 124 valence electrons. The highest BCUT2D eigenvalue weighted by molar-refractivity contribution is 9.10. The molecule has 1 unspecified atom stereocenters. The highest BCUT2D eigenvalue weighted by Crippen LogP contribution is 2.16. The van der Waals surface area contributed by atoms with Gasteiger partial charge < -0.3 is 15.7 Å². The predicted molar refractivity (Wildman–Crippen MR) is 92.7 cm³/mol. The first-order valence-corrected chi connectivity index (χ1v) is 8.43. The van der Waals surface area contributed by atoms with E-state index in [2.05, 4.69) is 31.6 Å².